The second-order valence-electron chi connectivity index (χ2n) is 10.1. The SMILES string of the molecule is CC(C)(C)OC(=O)N1CCC[C@@H]1CS(=O)(=O)c1ncc(B2OC(C)(C)C(C)(C)O2)cn1. The van der Waals surface area contributed by atoms with Gasteiger partial charge in [0.25, 0.3) is 0 Å². The Morgan fingerprint density at radius 3 is 2.26 bits per heavy atom. The second-order valence-corrected chi connectivity index (χ2v) is 12.1. The van der Waals surface area contributed by atoms with Crippen LogP contribution in [-0.4, -0.2) is 71.6 Å². The van der Waals surface area contributed by atoms with Crippen LogP contribution in [0.15, 0.2) is 17.6 Å². The third-order valence-corrected chi connectivity index (χ3v) is 7.46. The van der Waals surface area contributed by atoms with E-state index in [2.05, 4.69) is 9.97 Å². The monoisotopic (exact) mass is 453 g/mol. The topological polar surface area (TPSA) is 108 Å². The van der Waals surface area contributed by atoms with E-state index in [1.165, 1.54) is 17.3 Å². The number of carbonyl (C=O) groups is 1. The summed E-state index contributed by atoms with van der Waals surface area (Å²) in [5.74, 6) is -0.248. The van der Waals surface area contributed by atoms with Crippen molar-refractivity contribution in [2.75, 3.05) is 12.3 Å². The van der Waals surface area contributed by atoms with Crippen LogP contribution in [-0.2, 0) is 23.9 Å². The highest BCUT2D eigenvalue weighted by atomic mass is 32.2. The van der Waals surface area contributed by atoms with Gasteiger partial charge in [0.1, 0.15) is 5.60 Å². The Morgan fingerprint density at radius 2 is 1.74 bits per heavy atom. The predicted octanol–water partition coefficient (Wildman–Crippen LogP) is 1.95. The number of likely N-dealkylation sites (tertiary alicyclic amines) is 1. The maximum absolute atomic E-state index is 12.9. The standard InChI is InChI=1S/C20H32BN3O6S/c1-18(2,3)28-17(25)24-10-8-9-15(24)13-31(26,27)16-22-11-14(12-23-16)21-29-19(4,5)20(6,7)30-21/h11-12,15H,8-10,13H2,1-7H3/t15-/m1/s1. The molecule has 0 aliphatic carbocycles. The Hall–Kier alpha value is -1.72. The smallest absolute Gasteiger partial charge is 0.444 e. The molecule has 11 heteroatoms. The molecule has 3 rings (SSSR count). The summed E-state index contributed by atoms with van der Waals surface area (Å²) >= 11 is 0. The molecule has 1 atom stereocenters. The van der Waals surface area contributed by atoms with Gasteiger partial charge in [-0.1, -0.05) is 0 Å². The molecule has 2 aliphatic rings. The van der Waals surface area contributed by atoms with Gasteiger partial charge in [-0.25, -0.2) is 23.2 Å². The quantitative estimate of drug-likeness (QED) is 0.503. The minimum atomic E-state index is -3.79. The van der Waals surface area contributed by atoms with E-state index in [-0.39, 0.29) is 10.9 Å². The predicted molar refractivity (Wildman–Crippen MR) is 116 cm³/mol. The van der Waals surface area contributed by atoms with Crippen molar-refractivity contribution < 1.29 is 27.3 Å². The molecule has 3 heterocycles. The van der Waals surface area contributed by atoms with E-state index in [1.54, 1.807) is 20.8 Å². The maximum atomic E-state index is 12.9. The highest BCUT2D eigenvalue weighted by Gasteiger charge is 2.52. The second kappa shape index (κ2) is 8.01. The first-order valence-electron chi connectivity index (χ1n) is 10.5. The minimum absolute atomic E-state index is 0.248. The highest BCUT2D eigenvalue weighted by molar-refractivity contribution is 7.91. The Morgan fingerprint density at radius 1 is 1.19 bits per heavy atom. The zero-order valence-corrected chi connectivity index (χ0v) is 20.2. The molecule has 0 bridgehead atoms. The molecule has 0 radical (unpaired) electrons. The molecule has 0 unspecified atom stereocenters. The lowest BCUT2D eigenvalue weighted by molar-refractivity contribution is 0.00578. The van der Waals surface area contributed by atoms with Gasteiger partial charge in [-0.3, -0.25) is 0 Å². The van der Waals surface area contributed by atoms with Gasteiger partial charge in [0.2, 0.25) is 15.0 Å². The largest absolute Gasteiger partial charge is 0.498 e. The molecular weight excluding hydrogens is 421 g/mol. The summed E-state index contributed by atoms with van der Waals surface area (Å²) in [6.45, 7) is 13.5. The van der Waals surface area contributed by atoms with Crippen LogP contribution in [0.1, 0.15) is 61.3 Å². The van der Waals surface area contributed by atoms with Crippen molar-refractivity contribution in [2.45, 2.75) is 89.3 Å². The summed E-state index contributed by atoms with van der Waals surface area (Å²) in [6, 6.07) is -0.466. The van der Waals surface area contributed by atoms with Crippen LogP contribution in [0.4, 0.5) is 4.79 Å². The van der Waals surface area contributed by atoms with Gasteiger partial charge < -0.3 is 18.9 Å². The molecule has 172 valence electrons. The number of rotatable bonds is 4. The van der Waals surface area contributed by atoms with Crippen molar-refractivity contribution in [3.05, 3.63) is 12.4 Å². The number of aromatic nitrogens is 2. The van der Waals surface area contributed by atoms with E-state index >= 15 is 0 Å². The van der Waals surface area contributed by atoms with Crippen LogP contribution in [0.5, 0.6) is 0 Å². The molecule has 1 amide bonds. The summed E-state index contributed by atoms with van der Waals surface area (Å²) in [5, 5.41) is -0.274. The molecule has 2 fully saturated rings. The molecule has 31 heavy (non-hydrogen) atoms. The third-order valence-electron chi connectivity index (χ3n) is 5.87. The fourth-order valence-corrected chi connectivity index (χ4v) is 4.91. The molecule has 9 nitrogen and oxygen atoms in total. The average Bonchev–Trinajstić information content (AvgIpc) is 3.15. The van der Waals surface area contributed by atoms with Gasteiger partial charge in [0.05, 0.1) is 17.0 Å². The van der Waals surface area contributed by atoms with E-state index in [4.69, 9.17) is 14.0 Å². The van der Waals surface area contributed by atoms with Crippen LogP contribution < -0.4 is 5.46 Å². The first-order chi connectivity index (χ1) is 14.1. The number of ether oxygens (including phenoxy) is 1. The molecule has 0 spiro atoms. The van der Waals surface area contributed by atoms with Crippen molar-refractivity contribution >= 4 is 28.5 Å². The van der Waals surface area contributed by atoms with E-state index in [0.29, 0.717) is 18.4 Å². The molecule has 0 saturated carbocycles. The van der Waals surface area contributed by atoms with E-state index in [1.807, 2.05) is 27.7 Å². The molecular formula is C20H32BN3O6S. The summed E-state index contributed by atoms with van der Waals surface area (Å²) in [4.78, 5) is 22.1. The van der Waals surface area contributed by atoms with Crippen molar-refractivity contribution in [2.24, 2.45) is 0 Å². The van der Waals surface area contributed by atoms with Crippen LogP contribution in [0.25, 0.3) is 0 Å². The number of amides is 1. The highest BCUT2D eigenvalue weighted by Crippen LogP contribution is 2.36. The van der Waals surface area contributed by atoms with Gasteiger partial charge in [-0.05, 0) is 61.3 Å². The first kappa shape index (κ1) is 23.9. The van der Waals surface area contributed by atoms with Crippen molar-refractivity contribution in [3.8, 4) is 0 Å². The normalized spacial score (nSPS) is 23.3. The van der Waals surface area contributed by atoms with Gasteiger partial charge in [0.15, 0.2) is 0 Å². The lowest BCUT2D eigenvalue weighted by Crippen LogP contribution is -2.43. The van der Waals surface area contributed by atoms with E-state index < -0.39 is 45.9 Å². The molecule has 1 aromatic rings. The molecule has 0 N–H and O–H groups in total. The fraction of sp³-hybridized carbons (Fsp3) is 0.750. The fourth-order valence-electron chi connectivity index (χ4n) is 3.49. The average molecular weight is 453 g/mol. The Labute approximate surface area is 184 Å². The van der Waals surface area contributed by atoms with E-state index in [0.717, 1.165) is 6.42 Å². The first-order valence-corrected chi connectivity index (χ1v) is 12.2. The van der Waals surface area contributed by atoms with E-state index in [9.17, 15) is 13.2 Å². The lowest BCUT2D eigenvalue weighted by atomic mass is 9.81. The van der Waals surface area contributed by atoms with Gasteiger partial charge in [0, 0.05) is 30.4 Å². The van der Waals surface area contributed by atoms with Crippen molar-refractivity contribution in [1.82, 2.24) is 14.9 Å². The van der Waals surface area contributed by atoms with Gasteiger partial charge in [-0.2, -0.15) is 0 Å². The Bertz CT molecular complexity index is 911. The number of hydrogen-bond acceptors (Lipinski definition) is 8. The van der Waals surface area contributed by atoms with Gasteiger partial charge in [-0.15, -0.1) is 0 Å². The minimum Gasteiger partial charge on any atom is -0.444 e. The Kier molecular flexibility index (Phi) is 6.18. The number of carbonyl (C=O) groups excluding carboxylic acids is 1. The van der Waals surface area contributed by atoms with Crippen LogP contribution in [0, 0.1) is 0 Å². The summed E-state index contributed by atoms with van der Waals surface area (Å²) in [6.07, 6.45) is 3.65. The number of nitrogens with zero attached hydrogens (tertiary/aromatic N) is 3. The van der Waals surface area contributed by atoms with Crippen LogP contribution in [0.3, 0.4) is 0 Å². The zero-order chi connectivity index (χ0) is 23.2. The van der Waals surface area contributed by atoms with Crippen LogP contribution >= 0.6 is 0 Å². The zero-order valence-electron chi connectivity index (χ0n) is 19.3. The molecule has 0 aromatic carbocycles. The van der Waals surface area contributed by atoms with Gasteiger partial charge >= 0.3 is 13.2 Å². The van der Waals surface area contributed by atoms with Crippen LogP contribution in [0.2, 0.25) is 0 Å². The summed E-state index contributed by atoms with van der Waals surface area (Å²) in [7, 11) is -4.46. The van der Waals surface area contributed by atoms with Crippen molar-refractivity contribution in [3.63, 3.8) is 0 Å². The third kappa shape index (κ3) is 5.20. The Balaban J connectivity index is 1.71. The lowest BCUT2D eigenvalue weighted by Gasteiger charge is -2.32. The summed E-state index contributed by atoms with van der Waals surface area (Å²) in [5.41, 5.74) is -1.13. The number of hydrogen-bond donors (Lipinski definition) is 0. The summed E-state index contributed by atoms with van der Waals surface area (Å²) < 4.78 is 43.1. The molecule has 2 aliphatic heterocycles. The molecule has 2 saturated heterocycles. The molecule has 1 aromatic heterocycles. The van der Waals surface area contributed by atoms with Crippen molar-refractivity contribution in [1.29, 1.82) is 0 Å². The maximum Gasteiger partial charge on any atom is 0.498 e. The number of sulfone groups is 1.